The van der Waals surface area contributed by atoms with E-state index in [9.17, 15) is 9.59 Å². The Labute approximate surface area is 168 Å². The van der Waals surface area contributed by atoms with Gasteiger partial charge in [0.25, 0.3) is 0 Å². The summed E-state index contributed by atoms with van der Waals surface area (Å²) in [5, 5.41) is 5.53. The van der Waals surface area contributed by atoms with E-state index in [-0.39, 0.29) is 18.3 Å². The Morgan fingerprint density at radius 1 is 1.21 bits per heavy atom. The summed E-state index contributed by atoms with van der Waals surface area (Å²) in [7, 11) is 0. The molecule has 0 saturated carbocycles. The van der Waals surface area contributed by atoms with E-state index in [2.05, 4.69) is 15.3 Å². The standard InChI is InChI=1S/C21H23N3O3S/c1-4-27-21(26)19-13(2)20(23-14(19)3)16-12-28-18(24-16)10-17(25)22-11-15-8-6-5-7-9-15/h5-9,12,23H,4,10-11H2,1-3H3,(H,22,25). The normalized spacial score (nSPS) is 10.7. The number of carbonyl (C=O) groups excluding carboxylic acids is 2. The smallest absolute Gasteiger partial charge is 0.340 e. The fourth-order valence-corrected chi connectivity index (χ4v) is 3.80. The highest BCUT2D eigenvalue weighted by Crippen LogP contribution is 2.29. The molecule has 0 spiro atoms. The van der Waals surface area contributed by atoms with E-state index in [1.807, 2.05) is 49.6 Å². The van der Waals surface area contributed by atoms with Gasteiger partial charge in [-0.05, 0) is 31.9 Å². The number of ether oxygens (including phenoxy) is 1. The van der Waals surface area contributed by atoms with Crippen LogP contribution in [0, 0.1) is 13.8 Å². The molecule has 0 atom stereocenters. The summed E-state index contributed by atoms with van der Waals surface area (Å²) in [6.45, 7) is 6.32. The average molecular weight is 398 g/mol. The van der Waals surface area contributed by atoms with E-state index < -0.39 is 0 Å². The molecule has 0 aliphatic carbocycles. The molecule has 0 radical (unpaired) electrons. The molecule has 0 aliphatic heterocycles. The van der Waals surface area contributed by atoms with Crippen LogP contribution in [0.4, 0.5) is 0 Å². The molecular weight excluding hydrogens is 374 g/mol. The van der Waals surface area contributed by atoms with Crippen molar-refractivity contribution in [3.63, 3.8) is 0 Å². The van der Waals surface area contributed by atoms with Crippen molar-refractivity contribution in [3.05, 3.63) is 63.1 Å². The van der Waals surface area contributed by atoms with E-state index in [1.54, 1.807) is 6.92 Å². The van der Waals surface area contributed by atoms with Gasteiger partial charge in [-0.25, -0.2) is 9.78 Å². The fraction of sp³-hybridized carbons (Fsp3) is 0.286. The number of aryl methyl sites for hydroxylation is 1. The monoisotopic (exact) mass is 397 g/mol. The van der Waals surface area contributed by atoms with Crippen molar-refractivity contribution in [2.75, 3.05) is 6.61 Å². The Balaban J connectivity index is 1.68. The predicted octanol–water partition coefficient (Wildman–Crippen LogP) is 3.79. The van der Waals surface area contributed by atoms with Crippen molar-refractivity contribution < 1.29 is 14.3 Å². The number of carbonyl (C=O) groups is 2. The van der Waals surface area contributed by atoms with Crippen LogP contribution in [0.5, 0.6) is 0 Å². The highest BCUT2D eigenvalue weighted by molar-refractivity contribution is 7.10. The van der Waals surface area contributed by atoms with Gasteiger partial charge in [-0.1, -0.05) is 30.3 Å². The number of amides is 1. The molecule has 6 nitrogen and oxygen atoms in total. The van der Waals surface area contributed by atoms with Crippen molar-refractivity contribution in [2.45, 2.75) is 33.7 Å². The highest BCUT2D eigenvalue weighted by Gasteiger charge is 2.21. The number of hydrogen-bond acceptors (Lipinski definition) is 5. The van der Waals surface area contributed by atoms with Crippen LogP contribution >= 0.6 is 11.3 Å². The number of nitrogens with zero attached hydrogens (tertiary/aromatic N) is 1. The molecule has 3 rings (SSSR count). The van der Waals surface area contributed by atoms with Crippen molar-refractivity contribution in [1.29, 1.82) is 0 Å². The van der Waals surface area contributed by atoms with Gasteiger partial charge < -0.3 is 15.0 Å². The molecule has 2 heterocycles. The summed E-state index contributed by atoms with van der Waals surface area (Å²) >= 11 is 1.43. The van der Waals surface area contributed by atoms with Crippen LogP contribution in [-0.4, -0.2) is 28.5 Å². The number of rotatable bonds is 7. The van der Waals surface area contributed by atoms with Crippen LogP contribution in [0.1, 0.15) is 39.1 Å². The molecule has 7 heteroatoms. The third-order valence-electron chi connectivity index (χ3n) is 4.37. The third kappa shape index (κ3) is 4.48. The zero-order chi connectivity index (χ0) is 20.1. The minimum Gasteiger partial charge on any atom is -0.462 e. The first-order valence-electron chi connectivity index (χ1n) is 9.11. The second-order valence-electron chi connectivity index (χ2n) is 6.41. The summed E-state index contributed by atoms with van der Waals surface area (Å²) in [6.07, 6.45) is 0.223. The average Bonchev–Trinajstić information content (AvgIpc) is 3.25. The molecule has 0 saturated heterocycles. The number of hydrogen-bond donors (Lipinski definition) is 2. The summed E-state index contributed by atoms with van der Waals surface area (Å²) in [5.74, 6) is -0.410. The maximum atomic E-state index is 12.2. The number of benzene rings is 1. The number of aromatic amines is 1. The summed E-state index contributed by atoms with van der Waals surface area (Å²) in [5.41, 5.74) is 4.67. The number of nitrogens with one attached hydrogen (secondary N) is 2. The fourth-order valence-electron chi connectivity index (χ4n) is 3.02. The minimum atomic E-state index is -0.337. The molecule has 3 aromatic rings. The lowest BCUT2D eigenvalue weighted by Crippen LogP contribution is -2.24. The lowest BCUT2D eigenvalue weighted by molar-refractivity contribution is -0.120. The largest absolute Gasteiger partial charge is 0.462 e. The van der Waals surface area contributed by atoms with E-state index in [0.717, 1.165) is 33.2 Å². The topological polar surface area (TPSA) is 84.1 Å². The Morgan fingerprint density at radius 2 is 1.96 bits per heavy atom. The second kappa shape index (κ2) is 8.84. The van der Waals surface area contributed by atoms with E-state index >= 15 is 0 Å². The Hall–Kier alpha value is -2.93. The first kappa shape index (κ1) is 19.8. The molecule has 28 heavy (non-hydrogen) atoms. The quantitative estimate of drug-likeness (QED) is 0.594. The Bertz CT molecular complexity index is 976. The van der Waals surface area contributed by atoms with Crippen LogP contribution in [0.25, 0.3) is 11.4 Å². The van der Waals surface area contributed by atoms with Gasteiger partial charge in [0.2, 0.25) is 5.91 Å². The molecule has 2 aromatic heterocycles. The summed E-state index contributed by atoms with van der Waals surface area (Å²) < 4.78 is 5.13. The summed E-state index contributed by atoms with van der Waals surface area (Å²) in [6, 6.07) is 9.78. The van der Waals surface area contributed by atoms with Crippen molar-refractivity contribution in [2.24, 2.45) is 0 Å². The van der Waals surface area contributed by atoms with Crippen molar-refractivity contribution in [1.82, 2.24) is 15.3 Å². The van der Waals surface area contributed by atoms with E-state index in [4.69, 9.17) is 4.74 Å². The molecule has 1 aromatic carbocycles. The van der Waals surface area contributed by atoms with Gasteiger partial charge in [-0.3, -0.25) is 4.79 Å². The zero-order valence-electron chi connectivity index (χ0n) is 16.2. The maximum absolute atomic E-state index is 12.2. The minimum absolute atomic E-state index is 0.0728. The second-order valence-corrected chi connectivity index (χ2v) is 7.35. The van der Waals surface area contributed by atoms with Gasteiger partial charge in [0.15, 0.2) is 0 Å². The van der Waals surface area contributed by atoms with Crippen LogP contribution in [0.15, 0.2) is 35.7 Å². The molecule has 1 amide bonds. The third-order valence-corrected chi connectivity index (χ3v) is 5.22. The predicted molar refractivity (Wildman–Crippen MR) is 109 cm³/mol. The lowest BCUT2D eigenvalue weighted by Gasteiger charge is -2.03. The number of aromatic nitrogens is 2. The number of esters is 1. The molecular formula is C21H23N3O3S. The van der Waals surface area contributed by atoms with E-state index in [0.29, 0.717) is 18.7 Å². The van der Waals surface area contributed by atoms with Gasteiger partial charge in [0.1, 0.15) is 5.01 Å². The van der Waals surface area contributed by atoms with Gasteiger partial charge in [0.05, 0.1) is 30.0 Å². The van der Waals surface area contributed by atoms with Gasteiger partial charge >= 0.3 is 5.97 Å². The number of H-pyrrole nitrogens is 1. The SMILES string of the molecule is CCOC(=O)c1c(C)[nH]c(-c2csc(CC(=O)NCc3ccccc3)n2)c1C. The first-order valence-corrected chi connectivity index (χ1v) is 9.99. The van der Waals surface area contributed by atoms with Crippen LogP contribution < -0.4 is 5.32 Å². The number of thiazole rings is 1. The Kier molecular flexibility index (Phi) is 6.26. The lowest BCUT2D eigenvalue weighted by atomic mass is 10.1. The van der Waals surface area contributed by atoms with E-state index in [1.165, 1.54) is 11.3 Å². The molecule has 0 unspecified atom stereocenters. The molecule has 2 N–H and O–H groups in total. The van der Waals surface area contributed by atoms with Gasteiger partial charge in [0, 0.05) is 17.6 Å². The summed E-state index contributed by atoms with van der Waals surface area (Å²) in [4.78, 5) is 32.2. The molecule has 0 fully saturated rings. The molecule has 146 valence electrons. The van der Waals surface area contributed by atoms with Crippen LogP contribution in [0.3, 0.4) is 0 Å². The Morgan fingerprint density at radius 3 is 2.68 bits per heavy atom. The molecule has 0 bridgehead atoms. The maximum Gasteiger partial charge on any atom is 0.340 e. The van der Waals surface area contributed by atoms with Crippen LogP contribution in [0.2, 0.25) is 0 Å². The highest BCUT2D eigenvalue weighted by atomic mass is 32.1. The van der Waals surface area contributed by atoms with Gasteiger partial charge in [-0.15, -0.1) is 11.3 Å². The van der Waals surface area contributed by atoms with Crippen molar-refractivity contribution >= 4 is 23.2 Å². The van der Waals surface area contributed by atoms with Gasteiger partial charge in [-0.2, -0.15) is 0 Å². The van der Waals surface area contributed by atoms with Crippen molar-refractivity contribution in [3.8, 4) is 11.4 Å². The van der Waals surface area contributed by atoms with Crippen LogP contribution in [-0.2, 0) is 22.5 Å². The zero-order valence-corrected chi connectivity index (χ0v) is 17.0. The molecule has 0 aliphatic rings. The first-order chi connectivity index (χ1) is 13.5.